The first-order chi connectivity index (χ1) is 15.3. The minimum Gasteiger partial charge on any atom is -0.483 e. The van der Waals surface area contributed by atoms with E-state index < -0.39 is 23.8 Å². The van der Waals surface area contributed by atoms with Crippen LogP contribution < -0.4 is 14.8 Å². The highest BCUT2D eigenvalue weighted by Gasteiger charge is 2.21. The molecular weight excluding hydrogens is 481 g/mol. The molecule has 1 N–H and O–H groups in total. The lowest BCUT2D eigenvalue weighted by atomic mass is 10.1. The van der Waals surface area contributed by atoms with E-state index in [1.54, 1.807) is 31.2 Å². The van der Waals surface area contributed by atoms with Gasteiger partial charge in [-0.1, -0.05) is 52.7 Å². The first-order valence-corrected chi connectivity index (χ1v) is 10.8. The van der Waals surface area contributed by atoms with Gasteiger partial charge in [-0.3, -0.25) is 5.32 Å². The number of thiazole rings is 1. The molecule has 0 aliphatic heterocycles. The number of hydrogen-bond acceptors (Lipinski definition) is 5. The van der Waals surface area contributed by atoms with E-state index >= 15 is 0 Å². The standard InChI is InChI=1S/C22H14Cl2F2N2O3S/c1-11(19-13(23)7-8-14(25)20(19)24)30-17-10-18-16(9-15(17)26)28-22(32-18)31-21(29)27-12-5-3-2-4-6-12/h2-11H,1H3,(H,27,29). The third-order valence-electron chi connectivity index (χ3n) is 4.41. The normalized spacial score (nSPS) is 11.9. The lowest BCUT2D eigenvalue weighted by molar-refractivity contribution is 0.215. The number of carbonyl (C=O) groups is 1. The van der Waals surface area contributed by atoms with Gasteiger partial charge in [-0.25, -0.2) is 18.6 Å². The van der Waals surface area contributed by atoms with Gasteiger partial charge in [0, 0.05) is 28.4 Å². The number of nitrogens with one attached hydrogen (secondary N) is 1. The molecule has 1 heterocycles. The van der Waals surface area contributed by atoms with Crippen LogP contribution in [0.15, 0.2) is 54.6 Å². The second-order valence-corrected chi connectivity index (χ2v) is 8.41. The molecule has 3 aromatic carbocycles. The van der Waals surface area contributed by atoms with Crippen LogP contribution in [0.25, 0.3) is 10.2 Å². The van der Waals surface area contributed by atoms with Gasteiger partial charge in [-0.2, -0.15) is 0 Å². The van der Waals surface area contributed by atoms with Crippen LogP contribution in [0.4, 0.5) is 19.3 Å². The summed E-state index contributed by atoms with van der Waals surface area (Å²) in [6.07, 6.45) is -1.56. The maximum absolute atomic E-state index is 14.6. The van der Waals surface area contributed by atoms with Gasteiger partial charge in [0.15, 0.2) is 11.6 Å². The van der Waals surface area contributed by atoms with Gasteiger partial charge in [0.25, 0.3) is 5.19 Å². The fraction of sp³-hybridized carbons (Fsp3) is 0.0909. The predicted octanol–water partition coefficient (Wildman–Crippen LogP) is 7.63. The summed E-state index contributed by atoms with van der Waals surface area (Å²) in [6, 6.07) is 13.8. The van der Waals surface area contributed by atoms with Crippen LogP contribution in [0.2, 0.25) is 10.0 Å². The number of nitrogens with zero attached hydrogens (tertiary/aromatic N) is 1. The van der Waals surface area contributed by atoms with Gasteiger partial charge in [0.05, 0.1) is 15.2 Å². The monoisotopic (exact) mass is 494 g/mol. The smallest absolute Gasteiger partial charge is 0.419 e. The maximum Gasteiger partial charge on any atom is 0.419 e. The summed E-state index contributed by atoms with van der Waals surface area (Å²) in [5.74, 6) is -1.46. The number of para-hydroxylation sites is 1. The molecule has 5 nitrogen and oxygen atoms in total. The van der Waals surface area contributed by atoms with Crippen LogP contribution in [-0.2, 0) is 0 Å². The second-order valence-electron chi connectivity index (χ2n) is 6.63. The van der Waals surface area contributed by atoms with E-state index in [4.69, 9.17) is 32.7 Å². The summed E-state index contributed by atoms with van der Waals surface area (Å²) in [4.78, 5) is 16.2. The molecule has 32 heavy (non-hydrogen) atoms. The van der Waals surface area contributed by atoms with E-state index in [2.05, 4.69) is 10.3 Å². The molecule has 10 heteroatoms. The van der Waals surface area contributed by atoms with E-state index in [1.165, 1.54) is 12.1 Å². The Morgan fingerprint density at radius 3 is 2.59 bits per heavy atom. The number of hydrogen-bond donors (Lipinski definition) is 1. The van der Waals surface area contributed by atoms with E-state index in [0.29, 0.717) is 10.4 Å². The van der Waals surface area contributed by atoms with Crippen molar-refractivity contribution in [2.45, 2.75) is 13.0 Å². The van der Waals surface area contributed by atoms with Crippen LogP contribution in [0.1, 0.15) is 18.6 Å². The Morgan fingerprint density at radius 1 is 1.09 bits per heavy atom. The third-order valence-corrected chi connectivity index (χ3v) is 6.02. The Morgan fingerprint density at radius 2 is 1.84 bits per heavy atom. The molecule has 0 radical (unpaired) electrons. The Hall–Kier alpha value is -2.94. The second kappa shape index (κ2) is 9.28. The number of ether oxygens (including phenoxy) is 2. The fourth-order valence-electron chi connectivity index (χ4n) is 2.95. The SMILES string of the molecule is CC(Oc1cc2sc(OC(=O)Nc3ccccc3)nc2cc1F)c1c(Cl)ccc(F)c1Cl. The molecule has 0 fully saturated rings. The van der Waals surface area contributed by atoms with E-state index in [0.717, 1.165) is 23.5 Å². The van der Waals surface area contributed by atoms with E-state index in [-0.39, 0.29) is 32.1 Å². The summed E-state index contributed by atoms with van der Waals surface area (Å²) in [7, 11) is 0. The number of carbonyl (C=O) groups excluding carboxylic acids is 1. The Bertz CT molecular complexity index is 1300. The molecule has 0 spiro atoms. The highest BCUT2D eigenvalue weighted by Crippen LogP contribution is 2.38. The van der Waals surface area contributed by atoms with Gasteiger partial charge >= 0.3 is 6.09 Å². The third kappa shape index (κ3) is 4.77. The Kier molecular flexibility index (Phi) is 6.45. The minimum absolute atomic E-state index is 0.0363. The quantitative estimate of drug-likeness (QED) is 0.289. The van der Waals surface area contributed by atoms with E-state index in [1.807, 2.05) is 6.07 Å². The van der Waals surface area contributed by atoms with Crippen molar-refractivity contribution in [1.29, 1.82) is 0 Å². The zero-order chi connectivity index (χ0) is 22.8. The zero-order valence-electron chi connectivity index (χ0n) is 16.4. The zero-order valence-corrected chi connectivity index (χ0v) is 18.7. The van der Waals surface area contributed by atoms with Crippen molar-refractivity contribution in [3.63, 3.8) is 0 Å². The van der Waals surface area contributed by atoms with Crippen molar-refractivity contribution in [3.05, 3.63) is 81.8 Å². The first-order valence-electron chi connectivity index (χ1n) is 9.26. The molecule has 1 atom stereocenters. The van der Waals surface area contributed by atoms with Crippen molar-refractivity contribution in [3.8, 4) is 10.9 Å². The number of amides is 1. The average Bonchev–Trinajstić information content (AvgIpc) is 3.12. The molecule has 4 rings (SSSR count). The molecular formula is C22H14Cl2F2N2O3S. The fourth-order valence-corrected chi connectivity index (χ4v) is 4.45. The number of anilines is 1. The number of halogens is 4. The lowest BCUT2D eigenvalue weighted by Gasteiger charge is -2.18. The summed E-state index contributed by atoms with van der Waals surface area (Å²) in [6.45, 7) is 1.57. The van der Waals surface area contributed by atoms with Crippen LogP contribution in [0, 0.1) is 11.6 Å². The number of fused-ring (bicyclic) bond motifs is 1. The Labute approximate surface area is 195 Å². The number of rotatable bonds is 5. The van der Waals surface area contributed by atoms with Crippen molar-refractivity contribution in [1.82, 2.24) is 4.98 Å². The molecule has 1 aromatic heterocycles. The van der Waals surface area contributed by atoms with Crippen LogP contribution in [0.5, 0.6) is 10.9 Å². The molecule has 1 amide bonds. The van der Waals surface area contributed by atoms with Crippen molar-refractivity contribution in [2.24, 2.45) is 0 Å². The summed E-state index contributed by atoms with van der Waals surface area (Å²) in [5.41, 5.74) is 1.06. The van der Waals surface area contributed by atoms with Crippen LogP contribution in [-0.4, -0.2) is 11.1 Å². The first kappa shape index (κ1) is 22.3. The summed E-state index contributed by atoms with van der Waals surface area (Å²) >= 11 is 13.2. The molecule has 0 aliphatic rings. The largest absolute Gasteiger partial charge is 0.483 e. The van der Waals surface area contributed by atoms with Gasteiger partial charge in [-0.15, -0.1) is 0 Å². The minimum atomic E-state index is -0.835. The number of aromatic nitrogens is 1. The lowest BCUT2D eigenvalue weighted by Crippen LogP contribution is -2.16. The molecule has 4 aromatic rings. The molecule has 0 saturated heterocycles. The summed E-state index contributed by atoms with van der Waals surface area (Å²) in [5, 5.41) is 2.61. The molecule has 0 aliphatic carbocycles. The van der Waals surface area contributed by atoms with Gasteiger partial charge in [0.1, 0.15) is 11.9 Å². The predicted molar refractivity (Wildman–Crippen MR) is 121 cm³/mol. The van der Waals surface area contributed by atoms with Gasteiger partial charge in [0.2, 0.25) is 0 Å². The van der Waals surface area contributed by atoms with Crippen molar-refractivity contribution >= 4 is 56.5 Å². The van der Waals surface area contributed by atoms with Crippen molar-refractivity contribution < 1.29 is 23.0 Å². The highest BCUT2D eigenvalue weighted by atomic mass is 35.5. The molecule has 0 saturated carbocycles. The van der Waals surface area contributed by atoms with Gasteiger partial charge in [-0.05, 0) is 31.2 Å². The highest BCUT2D eigenvalue weighted by molar-refractivity contribution is 7.20. The molecule has 164 valence electrons. The number of benzene rings is 3. The molecule has 0 bridgehead atoms. The van der Waals surface area contributed by atoms with Crippen molar-refractivity contribution in [2.75, 3.05) is 5.32 Å². The van der Waals surface area contributed by atoms with Crippen LogP contribution >= 0.6 is 34.5 Å². The maximum atomic E-state index is 14.6. The Balaban J connectivity index is 1.54. The van der Waals surface area contributed by atoms with Gasteiger partial charge < -0.3 is 9.47 Å². The molecule has 1 unspecified atom stereocenters. The average molecular weight is 495 g/mol. The van der Waals surface area contributed by atoms with Crippen LogP contribution in [0.3, 0.4) is 0 Å². The van der Waals surface area contributed by atoms with E-state index in [9.17, 15) is 13.6 Å². The topological polar surface area (TPSA) is 60.5 Å². The summed E-state index contributed by atoms with van der Waals surface area (Å²) < 4.78 is 39.8.